The highest BCUT2D eigenvalue weighted by atomic mass is 16.1. The summed E-state index contributed by atoms with van der Waals surface area (Å²) in [6.45, 7) is 0.685. The van der Waals surface area contributed by atoms with Crippen molar-refractivity contribution in [2.75, 3.05) is 0 Å². The van der Waals surface area contributed by atoms with Crippen molar-refractivity contribution in [3.63, 3.8) is 0 Å². The van der Waals surface area contributed by atoms with Crippen LogP contribution >= 0.6 is 0 Å². The van der Waals surface area contributed by atoms with E-state index < -0.39 is 0 Å². The Labute approximate surface area is 168 Å². The van der Waals surface area contributed by atoms with Crippen LogP contribution in [0.5, 0.6) is 0 Å². The topological polar surface area (TPSA) is 65.1 Å². The molecule has 1 aliphatic carbocycles. The number of rotatable bonds is 4. The minimum Gasteiger partial charge on any atom is -0.268 e. The predicted octanol–water partition coefficient (Wildman–Crippen LogP) is 4.20. The van der Waals surface area contributed by atoms with Crippen molar-refractivity contribution in [3.05, 3.63) is 71.4 Å². The molecule has 6 heteroatoms. The average Bonchev–Trinajstić information content (AvgIpc) is 3.16. The van der Waals surface area contributed by atoms with E-state index in [0.717, 1.165) is 28.0 Å². The van der Waals surface area contributed by atoms with E-state index in [1.807, 2.05) is 41.0 Å². The molecule has 0 spiro atoms. The minimum absolute atomic E-state index is 0.0461. The molecule has 0 unspecified atom stereocenters. The smallest absolute Gasteiger partial charge is 0.266 e. The number of benzene rings is 1. The summed E-state index contributed by atoms with van der Waals surface area (Å²) in [5, 5.41) is 9.54. The summed E-state index contributed by atoms with van der Waals surface area (Å²) in [7, 11) is 0. The van der Waals surface area contributed by atoms with E-state index in [2.05, 4.69) is 4.98 Å². The molecule has 0 aliphatic heterocycles. The number of fused-ring (bicyclic) bond motifs is 1. The molecule has 1 saturated carbocycles. The minimum atomic E-state index is -0.0461. The molecule has 5 rings (SSSR count). The van der Waals surface area contributed by atoms with Crippen molar-refractivity contribution >= 4 is 5.52 Å². The van der Waals surface area contributed by atoms with Crippen molar-refractivity contribution in [3.8, 4) is 22.5 Å². The molecule has 29 heavy (non-hydrogen) atoms. The third-order valence-corrected chi connectivity index (χ3v) is 5.76. The Bertz CT molecular complexity index is 1190. The van der Waals surface area contributed by atoms with Gasteiger partial charge in [-0.2, -0.15) is 10.2 Å². The molecule has 1 aliphatic rings. The molecule has 0 saturated heterocycles. The van der Waals surface area contributed by atoms with Gasteiger partial charge in [-0.1, -0.05) is 49.6 Å². The van der Waals surface area contributed by atoms with Crippen LogP contribution in [0.25, 0.3) is 28.0 Å². The van der Waals surface area contributed by atoms with Crippen molar-refractivity contribution in [2.24, 2.45) is 5.92 Å². The highest BCUT2D eigenvalue weighted by Gasteiger charge is 2.20. The Morgan fingerprint density at radius 1 is 0.966 bits per heavy atom. The van der Waals surface area contributed by atoms with Crippen molar-refractivity contribution in [1.82, 2.24) is 24.4 Å². The second kappa shape index (κ2) is 7.62. The lowest BCUT2D eigenvalue weighted by Gasteiger charge is -2.21. The molecule has 0 radical (unpaired) electrons. The maximum absolute atomic E-state index is 12.5. The van der Waals surface area contributed by atoms with Crippen molar-refractivity contribution in [2.45, 2.75) is 38.6 Å². The molecule has 0 amide bonds. The molecular weight excluding hydrogens is 362 g/mol. The second-order valence-corrected chi connectivity index (χ2v) is 7.74. The third-order valence-electron chi connectivity index (χ3n) is 5.76. The van der Waals surface area contributed by atoms with Gasteiger partial charge in [0.15, 0.2) is 0 Å². The van der Waals surface area contributed by atoms with Gasteiger partial charge in [0, 0.05) is 30.6 Å². The quantitative estimate of drug-likeness (QED) is 0.528. The van der Waals surface area contributed by atoms with Crippen molar-refractivity contribution < 1.29 is 0 Å². The second-order valence-electron chi connectivity index (χ2n) is 7.74. The van der Waals surface area contributed by atoms with Gasteiger partial charge in [-0.05, 0) is 24.8 Å². The maximum atomic E-state index is 12.5. The van der Waals surface area contributed by atoms with Gasteiger partial charge < -0.3 is 0 Å². The Kier molecular flexibility index (Phi) is 4.68. The van der Waals surface area contributed by atoms with Crippen LogP contribution in [0, 0.1) is 5.92 Å². The van der Waals surface area contributed by atoms with Gasteiger partial charge in [0.05, 0.1) is 23.0 Å². The highest BCUT2D eigenvalue weighted by molar-refractivity contribution is 5.90. The molecular formula is C23H23N5O. The lowest BCUT2D eigenvalue weighted by molar-refractivity contribution is 0.303. The number of aromatic nitrogens is 5. The van der Waals surface area contributed by atoms with E-state index in [1.54, 1.807) is 29.2 Å². The zero-order chi connectivity index (χ0) is 19.6. The molecule has 0 N–H and O–H groups in total. The summed E-state index contributed by atoms with van der Waals surface area (Å²) in [6, 6.07) is 13.5. The van der Waals surface area contributed by atoms with Crippen LogP contribution in [-0.4, -0.2) is 24.4 Å². The molecule has 146 valence electrons. The molecule has 6 nitrogen and oxygen atoms in total. The fourth-order valence-electron chi connectivity index (χ4n) is 4.28. The van der Waals surface area contributed by atoms with E-state index in [9.17, 15) is 4.79 Å². The summed E-state index contributed by atoms with van der Waals surface area (Å²) in [4.78, 5) is 16.8. The van der Waals surface area contributed by atoms with Crippen LogP contribution in [0.4, 0.5) is 0 Å². The molecule has 0 atom stereocenters. The zero-order valence-corrected chi connectivity index (χ0v) is 16.2. The van der Waals surface area contributed by atoms with Crippen LogP contribution in [0.15, 0.2) is 65.8 Å². The number of hydrogen-bond acceptors (Lipinski definition) is 4. The van der Waals surface area contributed by atoms with Crippen LogP contribution < -0.4 is 5.56 Å². The Morgan fingerprint density at radius 2 is 1.79 bits per heavy atom. The van der Waals surface area contributed by atoms with Gasteiger partial charge in [0.25, 0.3) is 5.56 Å². The predicted molar refractivity (Wildman–Crippen MR) is 112 cm³/mol. The number of hydrogen-bond donors (Lipinski definition) is 0. The van der Waals surface area contributed by atoms with Gasteiger partial charge in [0.2, 0.25) is 0 Å². The van der Waals surface area contributed by atoms with Gasteiger partial charge in [-0.25, -0.2) is 9.20 Å². The first kappa shape index (κ1) is 17.8. The standard InChI is InChI=1S/C23H23N5O/c29-21-12-11-19(25-28(21)16-17-7-3-1-4-8-17)22-20-15-24-13-14-27(20)26-23(22)18-9-5-2-6-10-18/h2,5-6,9-15,17H,1,3-4,7-8,16H2. The fourth-order valence-corrected chi connectivity index (χ4v) is 4.28. The SMILES string of the molecule is O=c1ccc(-c2c(-c3ccccc3)nn3ccncc23)nn1CC1CCCCC1. The summed E-state index contributed by atoms with van der Waals surface area (Å²) in [6.07, 6.45) is 11.5. The Morgan fingerprint density at radius 3 is 2.62 bits per heavy atom. The molecule has 3 heterocycles. The normalized spacial score (nSPS) is 15.0. The maximum Gasteiger partial charge on any atom is 0.266 e. The molecule has 0 bridgehead atoms. The van der Waals surface area contributed by atoms with E-state index in [1.165, 1.54) is 32.1 Å². The zero-order valence-electron chi connectivity index (χ0n) is 16.2. The van der Waals surface area contributed by atoms with E-state index in [0.29, 0.717) is 12.5 Å². The molecule has 4 aromatic rings. The van der Waals surface area contributed by atoms with Gasteiger partial charge in [0.1, 0.15) is 5.69 Å². The van der Waals surface area contributed by atoms with E-state index >= 15 is 0 Å². The summed E-state index contributed by atoms with van der Waals surface area (Å²) in [5.74, 6) is 0.531. The Hall–Kier alpha value is -3.28. The molecule has 1 aromatic carbocycles. The van der Waals surface area contributed by atoms with Crippen LogP contribution in [-0.2, 0) is 6.54 Å². The summed E-state index contributed by atoms with van der Waals surface area (Å²) >= 11 is 0. The first-order chi connectivity index (χ1) is 14.3. The van der Waals surface area contributed by atoms with Crippen LogP contribution in [0.3, 0.4) is 0 Å². The lowest BCUT2D eigenvalue weighted by atomic mass is 9.89. The van der Waals surface area contributed by atoms with Gasteiger partial charge in [-0.3, -0.25) is 9.78 Å². The average molecular weight is 385 g/mol. The monoisotopic (exact) mass is 385 g/mol. The van der Waals surface area contributed by atoms with Crippen molar-refractivity contribution in [1.29, 1.82) is 0 Å². The van der Waals surface area contributed by atoms with E-state index in [-0.39, 0.29) is 5.56 Å². The summed E-state index contributed by atoms with van der Waals surface area (Å²) < 4.78 is 3.46. The fraction of sp³-hybridized carbons (Fsp3) is 0.304. The van der Waals surface area contributed by atoms with Gasteiger partial charge >= 0.3 is 0 Å². The number of nitrogens with zero attached hydrogens (tertiary/aromatic N) is 5. The van der Waals surface area contributed by atoms with Gasteiger partial charge in [-0.15, -0.1) is 0 Å². The van der Waals surface area contributed by atoms with Crippen LogP contribution in [0.1, 0.15) is 32.1 Å². The highest BCUT2D eigenvalue weighted by Crippen LogP contribution is 2.33. The molecule has 1 fully saturated rings. The lowest BCUT2D eigenvalue weighted by Crippen LogP contribution is -2.27. The first-order valence-electron chi connectivity index (χ1n) is 10.3. The third kappa shape index (κ3) is 3.46. The first-order valence-corrected chi connectivity index (χ1v) is 10.3. The largest absolute Gasteiger partial charge is 0.268 e. The molecule has 3 aromatic heterocycles. The van der Waals surface area contributed by atoms with Crippen LogP contribution in [0.2, 0.25) is 0 Å². The Balaban J connectivity index is 1.64. The summed E-state index contributed by atoms with van der Waals surface area (Å²) in [5.41, 5.74) is 4.34. The van der Waals surface area contributed by atoms with E-state index in [4.69, 9.17) is 10.2 Å².